The molecule has 0 radical (unpaired) electrons. The second kappa shape index (κ2) is 4.09. The summed E-state index contributed by atoms with van der Waals surface area (Å²) < 4.78 is 0. The van der Waals surface area contributed by atoms with Crippen molar-refractivity contribution in [3.05, 3.63) is 0 Å². The average molecular weight is 288 g/mol. The van der Waals surface area contributed by atoms with E-state index in [9.17, 15) is 4.79 Å². The van der Waals surface area contributed by atoms with E-state index >= 15 is 0 Å². The molecule has 1 N–H and O–H groups in total. The summed E-state index contributed by atoms with van der Waals surface area (Å²) in [5, 5.41) is 4.19. The van der Waals surface area contributed by atoms with E-state index in [1.807, 2.05) is 0 Å². The normalized spacial score (nSPS) is 38.8. The van der Waals surface area contributed by atoms with E-state index in [0.717, 1.165) is 25.3 Å². The Morgan fingerprint density at radius 1 is 1.44 bits per heavy atom. The van der Waals surface area contributed by atoms with Gasteiger partial charge in [-0.2, -0.15) is 0 Å². The maximum Gasteiger partial charge on any atom is 0.146 e. The van der Waals surface area contributed by atoms with Gasteiger partial charge in [-0.1, -0.05) is 36.7 Å². The molecule has 0 amide bonds. The summed E-state index contributed by atoms with van der Waals surface area (Å²) in [6, 6.07) is 0. The zero-order valence-corrected chi connectivity index (χ0v) is 12.1. The van der Waals surface area contributed by atoms with Crippen molar-refractivity contribution in [2.75, 3.05) is 11.9 Å². The molecular formula is C13H22BrNO. The fraction of sp³-hybridized carbons (Fsp3) is 0.923. The van der Waals surface area contributed by atoms with Gasteiger partial charge in [-0.25, -0.2) is 0 Å². The number of halogens is 1. The molecule has 16 heavy (non-hydrogen) atoms. The van der Waals surface area contributed by atoms with Crippen molar-refractivity contribution in [1.82, 2.24) is 5.32 Å². The zero-order valence-electron chi connectivity index (χ0n) is 10.5. The van der Waals surface area contributed by atoms with Crippen LogP contribution in [0.2, 0.25) is 0 Å². The minimum absolute atomic E-state index is 0.285. The Kier molecular flexibility index (Phi) is 3.21. The molecule has 3 atom stereocenters. The number of carbonyl (C=O) groups is 1. The highest BCUT2D eigenvalue weighted by Gasteiger charge is 2.60. The van der Waals surface area contributed by atoms with Gasteiger partial charge >= 0.3 is 0 Å². The number of ketones is 1. The van der Waals surface area contributed by atoms with Crippen molar-refractivity contribution >= 4 is 21.7 Å². The SMILES string of the molecule is CC(C)(C)C1CC12CC(C(=O)CBr)CCN2. The number of hydrogen-bond acceptors (Lipinski definition) is 2. The van der Waals surface area contributed by atoms with Crippen LogP contribution in [-0.4, -0.2) is 23.2 Å². The average Bonchev–Trinajstić information content (AvgIpc) is 2.91. The number of alkyl halides is 1. The van der Waals surface area contributed by atoms with Crippen molar-refractivity contribution < 1.29 is 4.79 Å². The third kappa shape index (κ3) is 2.21. The first-order chi connectivity index (χ1) is 7.39. The van der Waals surface area contributed by atoms with E-state index in [4.69, 9.17) is 0 Å². The predicted octanol–water partition coefficient (Wildman–Crippen LogP) is 2.75. The Morgan fingerprint density at radius 3 is 2.62 bits per heavy atom. The molecule has 2 aliphatic rings. The number of rotatable bonds is 2. The number of carbonyl (C=O) groups excluding carboxylic acids is 1. The van der Waals surface area contributed by atoms with Gasteiger partial charge in [0.15, 0.2) is 0 Å². The molecule has 0 aromatic rings. The largest absolute Gasteiger partial charge is 0.311 e. The van der Waals surface area contributed by atoms with Crippen LogP contribution in [0.3, 0.4) is 0 Å². The molecule has 92 valence electrons. The maximum absolute atomic E-state index is 11.8. The highest BCUT2D eigenvalue weighted by molar-refractivity contribution is 9.09. The lowest BCUT2D eigenvalue weighted by atomic mass is 9.81. The highest BCUT2D eigenvalue weighted by Crippen LogP contribution is 2.58. The molecule has 3 unspecified atom stereocenters. The topological polar surface area (TPSA) is 29.1 Å². The molecule has 0 aromatic heterocycles. The predicted molar refractivity (Wildman–Crippen MR) is 69.8 cm³/mol. The minimum atomic E-state index is 0.285. The van der Waals surface area contributed by atoms with Crippen molar-refractivity contribution in [3.63, 3.8) is 0 Å². The lowest BCUT2D eigenvalue weighted by Gasteiger charge is -2.33. The summed E-state index contributed by atoms with van der Waals surface area (Å²) in [6.45, 7) is 7.94. The fourth-order valence-electron chi connectivity index (χ4n) is 3.35. The third-order valence-corrected chi connectivity index (χ3v) is 4.84. The number of hydrogen-bond donors (Lipinski definition) is 1. The van der Waals surface area contributed by atoms with Crippen LogP contribution in [0.15, 0.2) is 0 Å². The van der Waals surface area contributed by atoms with Crippen molar-refractivity contribution in [3.8, 4) is 0 Å². The standard InChI is InChI=1S/C13H22BrNO/c1-12(2,3)11-7-13(11)6-9(4-5-15-13)10(16)8-14/h9,11,15H,4-8H2,1-3H3. The quantitative estimate of drug-likeness (QED) is 0.792. The van der Waals surface area contributed by atoms with Gasteiger partial charge < -0.3 is 5.32 Å². The first kappa shape index (κ1) is 12.6. The first-order valence-electron chi connectivity index (χ1n) is 6.23. The molecule has 3 heteroatoms. The van der Waals surface area contributed by atoms with E-state index < -0.39 is 0 Å². The molecule has 0 bridgehead atoms. The van der Waals surface area contributed by atoms with E-state index in [-0.39, 0.29) is 5.92 Å². The fourth-order valence-corrected chi connectivity index (χ4v) is 3.81. The number of Topliss-reactive ketones (excluding diaryl/α,β-unsaturated/α-hetero) is 1. The van der Waals surface area contributed by atoms with Gasteiger partial charge in [-0.3, -0.25) is 4.79 Å². The van der Waals surface area contributed by atoms with Crippen LogP contribution in [0.4, 0.5) is 0 Å². The minimum Gasteiger partial charge on any atom is -0.311 e. The van der Waals surface area contributed by atoms with E-state index in [1.54, 1.807) is 0 Å². The Hall–Kier alpha value is 0.110. The summed E-state index contributed by atoms with van der Waals surface area (Å²) in [5.74, 6) is 1.42. The van der Waals surface area contributed by atoms with Crippen molar-refractivity contribution in [2.45, 2.75) is 45.6 Å². The molecule has 1 heterocycles. The van der Waals surface area contributed by atoms with Gasteiger partial charge in [0.1, 0.15) is 5.78 Å². The van der Waals surface area contributed by atoms with Gasteiger partial charge in [0, 0.05) is 11.5 Å². The molecule has 1 saturated heterocycles. The van der Waals surface area contributed by atoms with E-state index in [0.29, 0.717) is 22.1 Å². The van der Waals surface area contributed by atoms with E-state index in [2.05, 4.69) is 42.0 Å². The van der Waals surface area contributed by atoms with Crippen LogP contribution in [-0.2, 0) is 4.79 Å². The zero-order chi connectivity index (χ0) is 12.0. The molecule has 1 spiro atoms. The van der Waals surface area contributed by atoms with Crippen molar-refractivity contribution in [1.29, 1.82) is 0 Å². The van der Waals surface area contributed by atoms with Crippen molar-refractivity contribution in [2.24, 2.45) is 17.3 Å². The number of piperidine rings is 1. The van der Waals surface area contributed by atoms with E-state index in [1.165, 1.54) is 6.42 Å². The van der Waals surface area contributed by atoms with Crippen LogP contribution in [0.1, 0.15) is 40.0 Å². The van der Waals surface area contributed by atoms with Crippen LogP contribution in [0.25, 0.3) is 0 Å². The molecule has 1 aliphatic carbocycles. The summed E-state index contributed by atoms with van der Waals surface area (Å²) in [5.41, 5.74) is 0.658. The van der Waals surface area contributed by atoms with Gasteiger partial charge in [0.2, 0.25) is 0 Å². The highest BCUT2D eigenvalue weighted by atomic mass is 79.9. The summed E-state index contributed by atoms with van der Waals surface area (Å²) in [7, 11) is 0. The molecule has 1 aliphatic heterocycles. The molecule has 2 rings (SSSR count). The second-order valence-corrected chi connectivity index (χ2v) is 7.06. The molecule has 2 fully saturated rings. The summed E-state index contributed by atoms with van der Waals surface area (Å²) >= 11 is 3.29. The second-order valence-electron chi connectivity index (χ2n) is 6.50. The Labute approximate surface area is 107 Å². The lowest BCUT2D eigenvalue weighted by Crippen LogP contribution is -2.45. The monoisotopic (exact) mass is 287 g/mol. The Morgan fingerprint density at radius 2 is 2.12 bits per heavy atom. The van der Waals surface area contributed by atoms with Crippen LogP contribution in [0.5, 0.6) is 0 Å². The van der Waals surface area contributed by atoms with Gasteiger partial charge in [0.25, 0.3) is 0 Å². The van der Waals surface area contributed by atoms with Gasteiger partial charge in [0.05, 0.1) is 5.33 Å². The number of nitrogens with one attached hydrogen (secondary N) is 1. The van der Waals surface area contributed by atoms with Gasteiger partial charge in [-0.05, 0) is 37.1 Å². The summed E-state index contributed by atoms with van der Waals surface area (Å²) in [4.78, 5) is 11.8. The maximum atomic E-state index is 11.8. The van der Waals surface area contributed by atoms with Gasteiger partial charge in [-0.15, -0.1) is 0 Å². The van der Waals surface area contributed by atoms with Crippen LogP contribution >= 0.6 is 15.9 Å². The molecule has 2 nitrogen and oxygen atoms in total. The third-order valence-electron chi connectivity index (χ3n) is 4.29. The molecular weight excluding hydrogens is 266 g/mol. The lowest BCUT2D eigenvalue weighted by molar-refractivity contribution is -0.121. The smallest absolute Gasteiger partial charge is 0.146 e. The molecule has 0 aromatic carbocycles. The molecule has 1 saturated carbocycles. The Bertz CT molecular complexity index is 297. The summed E-state index contributed by atoms with van der Waals surface area (Å²) in [6.07, 6.45) is 3.32. The first-order valence-corrected chi connectivity index (χ1v) is 7.35. The Balaban J connectivity index is 2.02. The van der Waals surface area contributed by atoms with Crippen LogP contribution < -0.4 is 5.32 Å². The van der Waals surface area contributed by atoms with Crippen LogP contribution in [0, 0.1) is 17.3 Å².